The number of cyclic esters (lactones) is 1. The third-order valence-electron chi connectivity index (χ3n) is 5.70. The molecule has 2 amide bonds. The number of hydrogen-bond acceptors (Lipinski definition) is 7. The van der Waals surface area contributed by atoms with E-state index < -0.39 is 6.04 Å². The predicted molar refractivity (Wildman–Crippen MR) is 133 cm³/mol. The molecule has 2 heterocycles. The van der Waals surface area contributed by atoms with E-state index in [-0.39, 0.29) is 12.0 Å². The molecular formula is C27H27N5O4. The normalized spacial score (nSPS) is 13.5. The van der Waals surface area contributed by atoms with Gasteiger partial charge in [0.05, 0.1) is 30.9 Å². The van der Waals surface area contributed by atoms with Crippen LogP contribution in [0, 0.1) is 11.3 Å². The number of rotatable bonds is 11. The van der Waals surface area contributed by atoms with Crippen LogP contribution in [0.2, 0.25) is 0 Å². The highest BCUT2D eigenvalue weighted by Gasteiger charge is 2.22. The molecule has 36 heavy (non-hydrogen) atoms. The van der Waals surface area contributed by atoms with Crippen molar-refractivity contribution < 1.29 is 19.1 Å². The Morgan fingerprint density at radius 3 is 2.61 bits per heavy atom. The molecule has 0 saturated carbocycles. The summed E-state index contributed by atoms with van der Waals surface area (Å²) in [4.78, 5) is 30.5. The van der Waals surface area contributed by atoms with Crippen molar-refractivity contribution >= 4 is 17.8 Å². The molecule has 0 aliphatic carbocycles. The van der Waals surface area contributed by atoms with Crippen molar-refractivity contribution in [1.29, 1.82) is 5.26 Å². The summed E-state index contributed by atoms with van der Waals surface area (Å²) in [7, 11) is 0. The van der Waals surface area contributed by atoms with E-state index in [9.17, 15) is 9.59 Å². The fourth-order valence-corrected chi connectivity index (χ4v) is 3.75. The number of benzene rings is 2. The molecule has 1 saturated heterocycles. The number of nitriles is 1. The van der Waals surface area contributed by atoms with Gasteiger partial charge in [0.1, 0.15) is 30.8 Å². The van der Waals surface area contributed by atoms with Crippen molar-refractivity contribution in [3.63, 3.8) is 0 Å². The minimum Gasteiger partial charge on any atom is -0.490 e. The van der Waals surface area contributed by atoms with Crippen LogP contribution in [0.5, 0.6) is 5.75 Å². The number of nitrogens with one attached hydrogen (secondary N) is 2. The third-order valence-corrected chi connectivity index (χ3v) is 5.70. The first-order chi connectivity index (χ1) is 17.6. The molecule has 1 fully saturated rings. The largest absolute Gasteiger partial charge is 0.490 e. The van der Waals surface area contributed by atoms with Gasteiger partial charge in [0.25, 0.3) is 0 Å². The zero-order chi connectivity index (χ0) is 25.2. The summed E-state index contributed by atoms with van der Waals surface area (Å²) in [5.41, 5.74) is 2.54. The Morgan fingerprint density at radius 2 is 1.94 bits per heavy atom. The van der Waals surface area contributed by atoms with E-state index in [1.165, 1.54) is 6.20 Å². The molecule has 0 radical (unpaired) electrons. The van der Waals surface area contributed by atoms with Gasteiger partial charge in [-0.1, -0.05) is 42.5 Å². The number of aromatic nitrogens is 1. The number of anilines is 1. The van der Waals surface area contributed by atoms with Crippen LogP contribution in [0.1, 0.15) is 22.7 Å². The van der Waals surface area contributed by atoms with Gasteiger partial charge in [-0.15, -0.1) is 0 Å². The highest BCUT2D eigenvalue weighted by molar-refractivity contribution is 5.94. The molecule has 9 heteroatoms. The standard InChI is InChI=1S/C27H27N5O4/c28-18-21-8-6-20(7-9-21)12-13-29-25(22-4-2-1-3-5-22)26(33)31-24-11-10-23(19-30-24)35-16-14-32-15-17-36-27(32)34/h1-11,19,25,29H,12-17H2,(H,30,31,33). The first-order valence-corrected chi connectivity index (χ1v) is 11.7. The maximum absolute atomic E-state index is 13.1. The molecule has 2 aromatic carbocycles. The Hall–Kier alpha value is -4.42. The van der Waals surface area contributed by atoms with Gasteiger partial charge in [0, 0.05) is 6.54 Å². The minimum atomic E-state index is -0.567. The quantitative estimate of drug-likeness (QED) is 0.428. The van der Waals surface area contributed by atoms with Crippen LogP contribution in [0.15, 0.2) is 72.9 Å². The molecule has 1 aromatic heterocycles. The Labute approximate surface area is 209 Å². The highest BCUT2D eigenvalue weighted by atomic mass is 16.6. The van der Waals surface area contributed by atoms with Crippen LogP contribution in [0.4, 0.5) is 10.6 Å². The zero-order valence-corrected chi connectivity index (χ0v) is 19.7. The molecule has 9 nitrogen and oxygen atoms in total. The fraction of sp³-hybridized carbons (Fsp3) is 0.259. The van der Waals surface area contributed by atoms with Crippen LogP contribution >= 0.6 is 0 Å². The van der Waals surface area contributed by atoms with Gasteiger partial charge < -0.3 is 25.0 Å². The maximum atomic E-state index is 13.1. The van der Waals surface area contributed by atoms with Crippen molar-refractivity contribution in [2.45, 2.75) is 12.5 Å². The Kier molecular flexibility index (Phi) is 8.46. The summed E-state index contributed by atoms with van der Waals surface area (Å²) in [5, 5.41) is 15.1. The number of pyridine rings is 1. The van der Waals surface area contributed by atoms with E-state index in [0.717, 1.165) is 11.1 Å². The lowest BCUT2D eigenvalue weighted by molar-refractivity contribution is -0.118. The second kappa shape index (κ2) is 12.3. The van der Waals surface area contributed by atoms with Crippen molar-refractivity contribution in [3.8, 4) is 11.8 Å². The zero-order valence-electron chi connectivity index (χ0n) is 19.7. The summed E-state index contributed by atoms with van der Waals surface area (Å²) < 4.78 is 10.5. The SMILES string of the molecule is N#Cc1ccc(CCNC(C(=O)Nc2ccc(OCCN3CCOC3=O)cn2)c2ccccc2)cc1. The Balaban J connectivity index is 1.31. The van der Waals surface area contributed by atoms with E-state index >= 15 is 0 Å². The number of nitrogens with zero attached hydrogens (tertiary/aromatic N) is 3. The number of ether oxygens (including phenoxy) is 2. The molecule has 0 bridgehead atoms. The van der Waals surface area contributed by atoms with Crippen molar-refractivity contribution in [2.75, 3.05) is 38.2 Å². The first kappa shape index (κ1) is 24.7. The van der Waals surface area contributed by atoms with Gasteiger partial charge in [-0.2, -0.15) is 5.26 Å². The van der Waals surface area contributed by atoms with Crippen molar-refractivity contribution in [3.05, 3.63) is 89.6 Å². The van der Waals surface area contributed by atoms with E-state index in [4.69, 9.17) is 14.7 Å². The van der Waals surface area contributed by atoms with E-state index in [1.54, 1.807) is 29.2 Å². The topological polar surface area (TPSA) is 117 Å². The minimum absolute atomic E-state index is 0.227. The van der Waals surface area contributed by atoms with Gasteiger partial charge in [0.2, 0.25) is 5.91 Å². The summed E-state index contributed by atoms with van der Waals surface area (Å²) in [5.74, 6) is 0.723. The molecule has 3 aromatic rings. The summed E-state index contributed by atoms with van der Waals surface area (Å²) >= 11 is 0. The molecule has 1 atom stereocenters. The van der Waals surface area contributed by atoms with Gasteiger partial charge in [-0.05, 0) is 41.8 Å². The lowest BCUT2D eigenvalue weighted by atomic mass is 10.1. The second-order valence-corrected chi connectivity index (χ2v) is 8.17. The highest BCUT2D eigenvalue weighted by Crippen LogP contribution is 2.17. The first-order valence-electron chi connectivity index (χ1n) is 11.7. The molecule has 1 unspecified atom stereocenters. The fourth-order valence-electron chi connectivity index (χ4n) is 3.75. The smallest absolute Gasteiger partial charge is 0.410 e. The molecule has 0 spiro atoms. The van der Waals surface area contributed by atoms with E-state index in [1.807, 2.05) is 42.5 Å². The predicted octanol–water partition coefficient (Wildman–Crippen LogP) is 3.30. The average molecular weight is 486 g/mol. The van der Waals surface area contributed by atoms with E-state index in [0.29, 0.717) is 56.4 Å². The summed E-state index contributed by atoms with van der Waals surface area (Å²) in [6, 6.07) is 21.9. The summed E-state index contributed by atoms with van der Waals surface area (Å²) in [6.07, 6.45) is 1.92. The number of hydrogen-bond donors (Lipinski definition) is 2. The van der Waals surface area contributed by atoms with Crippen LogP contribution < -0.4 is 15.4 Å². The van der Waals surface area contributed by atoms with E-state index in [2.05, 4.69) is 21.7 Å². The Morgan fingerprint density at radius 1 is 1.14 bits per heavy atom. The van der Waals surface area contributed by atoms with Gasteiger partial charge in [-0.25, -0.2) is 9.78 Å². The lowest BCUT2D eigenvalue weighted by Gasteiger charge is -2.19. The van der Waals surface area contributed by atoms with Crippen LogP contribution in [-0.2, 0) is 16.0 Å². The van der Waals surface area contributed by atoms with Crippen LogP contribution in [-0.4, -0.2) is 54.7 Å². The molecule has 1 aliphatic rings. The number of amides is 2. The average Bonchev–Trinajstić information content (AvgIpc) is 3.33. The van der Waals surface area contributed by atoms with Crippen LogP contribution in [0.25, 0.3) is 0 Å². The van der Waals surface area contributed by atoms with Crippen molar-refractivity contribution in [1.82, 2.24) is 15.2 Å². The Bertz CT molecular complexity index is 1190. The molecule has 184 valence electrons. The third kappa shape index (κ3) is 6.81. The molecule has 4 rings (SSSR count). The molecule has 2 N–H and O–H groups in total. The van der Waals surface area contributed by atoms with Crippen molar-refractivity contribution in [2.24, 2.45) is 0 Å². The molecular weight excluding hydrogens is 458 g/mol. The molecule has 1 aliphatic heterocycles. The summed E-state index contributed by atoms with van der Waals surface area (Å²) in [6.45, 7) is 2.30. The lowest BCUT2D eigenvalue weighted by Crippen LogP contribution is -2.34. The van der Waals surface area contributed by atoms with Gasteiger partial charge >= 0.3 is 6.09 Å². The van der Waals surface area contributed by atoms with Crippen LogP contribution in [0.3, 0.4) is 0 Å². The maximum Gasteiger partial charge on any atom is 0.410 e. The van der Waals surface area contributed by atoms with Gasteiger partial charge in [0.15, 0.2) is 0 Å². The number of carbonyl (C=O) groups is 2. The number of carbonyl (C=O) groups excluding carboxylic acids is 2. The second-order valence-electron chi connectivity index (χ2n) is 8.17. The van der Waals surface area contributed by atoms with Gasteiger partial charge in [-0.3, -0.25) is 4.79 Å². The monoisotopic (exact) mass is 485 g/mol.